The number of fused-ring (bicyclic) bond motifs is 1. The van der Waals surface area contributed by atoms with Gasteiger partial charge in [-0.05, 0) is 12.1 Å². The predicted octanol–water partition coefficient (Wildman–Crippen LogP) is -0.242. The summed E-state index contributed by atoms with van der Waals surface area (Å²) in [4.78, 5) is 31.7. The van der Waals surface area contributed by atoms with E-state index in [1.807, 2.05) is 0 Å². The molecule has 0 aliphatic rings. The van der Waals surface area contributed by atoms with E-state index in [2.05, 4.69) is 19.7 Å². The van der Waals surface area contributed by atoms with E-state index in [1.54, 1.807) is 6.07 Å². The van der Waals surface area contributed by atoms with Gasteiger partial charge in [0.25, 0.3) is 0 Å². The number of ether oxygens (including phenoxy) is 1. The van der Waals surface area contributed by atoms with Crippen LogP contribution in [-0.2, 0) is 10.0 Å². The number of sulfonamides is 1. The van der Waals surface area contributed by atoms with Crippen molar-refractivity contribution in [2.45, 2.75) is 0 Å². The number of hydrogen-bond donors (Lipinski definition) is 3. The number of nitrogens with one attached hydrogen (secondary N) is 3. The third-order valence-electron chi connectivity index (χ3n) is 3.15. The number of H-pyrrole nitrogens is 2. The third-order valence-corrected chi connectivity index (χ3v) is 3.76. The lowest BCUT2D eigenvalue weighted by Crippen LogP contribution is -2.27. The predicted molar refractivity (Wildman–Crippen MR) is 86.9 cm³/mol. The van der Waals surface area contributed by atoms with E-state index in [4.69, 9.17) is 4.74 Å². The first kappa shape index (κ1) is 15.8. The van der Waals surface area contributed by atoms with E-state index < -0.39 is 21.4 Å². The SMILES string of the molecule is COc1cc(NS(C)(=O)=O)ccc1-c1cn2c(=O)[nH]c(=O)[nH]c2n1. The number of methoxy groups -OCH3 is 1. The monoisotopic (exact) mass is 351 g/mol. The first-order valence-corrected chi connectivity index (χ1v) is 8.54. The van der Waals surface area contributed by atoms with Gasteiger partial charge in [0.15, 0.2) is 0 Å². The molecule has 3 rings (SSSR count). The average molecular weight is 351 g/mol. The molecule has 0 unspecified atom stereocenters. The molecule has 11 heteroatoms. The number of hydrogen-bond acceptors (Lipinski definition) is 6. The molecule has 0 amide bonds. The van der Waals surface area contributed by atoms with Gasteiger partial charge in [0.1, 0.15) is 5.75 Å². The molecule has 10 nitrogen and oxygen atoms in total. The molecule has 3 N–H and O–H groups in total. The Morgan fingerprint density at radius 2 is 2.00 bits per heavy atom. The largest absolute Gasteiger partial charge is 0.496 e. The molecule has 0 aliphatic carbocycles. The average Bonchev–Trinajstić information content (AvgIpc) is 2.89. The van der Waals surface area contributed by atoms with Gasteiger partial charge >= 0.3 is 11.4 Å². The van der Waals surface area contributed by atoms with Crippen molar-refractivity contribution in [1.82, 2.24) is 19.4 Å². The van der Waals surface area contributed by atoms with Gasteiger partial charge < -0.3 is 4.74 Å². The van der Waals surface area contributed by atoms with E-state index in [-0.39, 0.29) is 5.78 Å². The normalized spacial score (nSPS) is 11.6. The maximum atomic E-state index is 11.7. The Kier molecular flexibility index (Phi) is 3.64. The van der Waals surface area contributed by atoms with Gasteiger partial charge in [-0.2, -0.15) is 0 Å². The highest BCUT2D eigenvalue weighted by Crippen LogP contribution is 2.31. The summed E-state index contributed by atoms with van der Waals surface area (Å²) in [7, 11) is -2.00. The summed E-state index contributed by atoms with van der Waals surface area (Å²) in [6.07, 6.45) is 2.48. The summed E-state index contributed by atoms with van der Waals surface area (Å²) in [5.74, 6) is 0.435. The fourth-order valence-corrected chi connectivity index (χ4v) is 2.78. The maximum absolute atomic E-state index is 11.7. The van der Waals surface area contributed by atoms with Crippen LogP contribution in [0.3, 0.4) is 0 Å². The quantitative estimate of drug-likeness (QED) is 0.593. The van der Waals surface area contributed by atoms with Crippen molar-refractivity contribution < 1.29 is 13.2 Å². The zero-order valence-corrected chi connectivity index (χ0v) is 13.5. The summed E-state index contributed by atoms with van der Waals surface area (Å²) in [5.41, 5.74) is -0.0510. The summed E-state index contributed by atoms with van der Waals surface area (Å²) in [6, 6.07) is 4.63. The molecule has 24 heavy (non-hydrogen) atoms. The van der Waals surface area contributed by atoms with Crippen LogP contribution in [0.5, 0.6) is 5.75 Å². The number of benzene rings is 1. The van der Waals surface area contributed by atoms with Gasteiger partial charge in [0, 0.05) is 17.8 Å². The van der Waals surface area contributed by atoms with Crippen LogP contribution in [0.1, 0.15) is 0 Å². The molecule has 126 valence electrons. The summed E-state index contributed by atoms with van der Waals surface area (Å²) in [5, 5.41) is 0. The van der Waals surface area contributed by atoms with Crippen LogP contribution in [-0.4, -0.2) is 41.1 Å². The standard InChI is InChI=1S/C13H13N5O5S/c1-23-10-5-7(17-24(2,21)22)3-4-8(10)9-6-18-11(14-9)15-12(19)16-13(18)20/h3-6,17H,1-2H3,(H2,14,15,16,19,20). The highest BCUT2D eigenvalue weighted by atomic mass is 32.2. The van der Waals surface area contributed by atoms with Crippen LogP contribution < -0.4 is 20.8 Å². The van der Waals surface area contributed by atoms with Gasteiger partial charge in [-0.1, -0.05) is 0 Å². The molecule has 3 aromatic rings. The molecule has 0 fully saturated rings. The van der Waals surface area contributed by atoms with Gasteiger partial charge in [-0.3, -0.25) is 14.7 Å². The highest BCUT2D eigenvalue weighted by Gasteiger charge is 2.13. The summed E-state index contributed by atoms with van der Waals surface area (Å²) in [6.45, 7) is 0. The highest BCUT2D eigenvalue weighted by molar-refractivity contribution is 7.92. The van der Waals surface area contributed by atoms with Gasteiger partial charge in [0.2, 0.25) is 15.8 Å². The summed E-state index contributed by atoms with van der Waals surface area (Å²) < 4.78 is 31.4. The fourth-order valence-electron chi connectivity index (χ4n) is 2.22. The topological polar surface area (TPSA) is 138 Å². The van der Waals surface area contributed by atoms with E-state index >= 15 is 0 Å². The first-order chi connectivity index (χ1) is 11.3. The maximum Gasteiger partial charge on any atom is 0.336 e. The summed E-state index contributed by atoms with van der Waals surface area (Å²) >= 11 is 0. The van der Waals surface area contributed by atoms with Crippen molar-refractivity contribution in [3.8, 4) is 17.0 Å². The van der Waals surface area contributed by atoms with Gasteiger partial charge in [0.05, 0.1) is 24.7 Å². The van der Waals surface area contributed by atoms with Crippen LogP contribution in [0.4, 0.5) is 5.69 Å². The molecule has 0 aliphatic heterocycles. The van der Waals surface area contributed by atoms with Crippen LogP contribution in [0.15, 0.2) is 34.0 Å². The van der Waals surface area contributed by atoms with Crippen molar-refractivity contribution in [3.63, 3.8) is 0 Å². The fraction of sp³-hybridized carbons (Fsp3) is 0.154. The van der Waals surface area contributed by atoms with Crippen molar-refractivity contribution in [1.29, 1.82) is 0 Å². The zero-order valence-electron chi connectivity index (χ0n) is 12.7. The smallest absolute Gasteiger partial charge is 0.336 e. The second-order valence-electron chi connectivity index (χ2n) is 4.99. The second kappa shape index (κ2) is 5.53. The first-order valence-electron chi connectivity index (χ1n) is 6.65. The van der Waals surface area contributed by atoms with Crippen LogP contribution in [0.25, 0.3) is 17.0 Å². The Hall–Kier alpha value is -3.08. The van der Waals surface area contributed by atoms with E-state index in [0.717, 1.165) is 10.7 Å². The number of rotatable bonds is 4. The Bertz CT molecular complexity index is 1140. The molecule has 0 bridgehead atoms. The molecule has 2 heterocycles. The van der Waals surface area contributed by atoms with Crippen molar-refractivity contribution in [2.24, 2.45) is 0 Å². The number of anilines is 1. The molecule has 0 saturated heterocycles. The zero-order chi connectivity index (χ0) is 17.5. The minimum absolute atomic E-state index is 0.0825. The molecular weight excluding hydrogens is 338 g/mol. The molecule has 0 atom stereocenters. The minimum Gasteiger partial charge on any atom is -0.496 e. The van der Waals surface area contributed by atoms with Crippen LogP contribution >= 0.6 is 0 Å². The minimum atomic E-state index is -3.42. The molecule has 0 radical (unpaired) electrons. The van der Waals surface area contributed by atoms with Crippen LogP contribution in [0, 0.1) is 0 Å². The second-order valence-corrected chi connectivity index (χ2v) is 6.74. The number of imidazole rings is 1. The van der Waals surface area contributed by atoms with Crippen molar-refractivity contribution >= 4 is 21.5 Å². The molecule has 2 aromatic heterocycles. The Morgan fingerprint density at radius 1 is 1.25 bits per heavy atom. The van der Waals surface area contributed by atoms with Gasteiger partial charge in [-0.15, -0.1) is 0 Å². The third kappa shape index (κ3) is 3.01. The lowest BCUT2D eigenvalue weighted by Gasteiger charge is -2.09. The van der Waals surface area contributed by atoms with Gasteiger partial charge in [-0.25, -0.2) is 27.4 Å². The lowest BCUT2D eigenvalue weighted by molar-refractivity contribution is 0.416. The van der Waals surface area contributed by atoms with E-state index in [0.29, 0.717) is 22.7 Å². The lowest BCUT2D eigenvalue weighted by atomic mass is 10.1. The molecule has 0 saturated carbocycles. The Morgan fingerprint density at radius 3 is 2.67 bits per heavy atom. The molecule has 0 spiro atoms. The van der Waals surface area contributed by atoms with E-state index in [9.17, 15) is 18.0 Å². The number of aromatic amines is 2. The van der Waals surface area contributed by atoms with Crippen molar-refractivity contribution in [2.75, 3.05) is 18.1 Å². The Labute approximate surface area is 135 Å². The molecule has 1 aromatic carbocycles. The number of nitrogens with zero attached hydrogens (tertiary/aromatic N) is 2. The number of aromatic nitrogens is 4. The van der Waals surface area contributed by atoms with Crippen LogP contribution in [0.2, 0.25) is 0 Å². The van der Waals surface area contributed by atoms with E-state index in [1.165, 1.54) is 25.4 Å². The Balaban J connectivity index is 2.14. The molecular formula is C13H13N5O5S. The van der Waals surface area contributed by atoms with Crippen molar-refractivity contribution in [3.05, 3.63) is 45.4 Å².